The lowest BCUT2D eigenvalue weighted by Crippen LogP contribution is -2.64. The second-order valence-corrected chi connectivity index (χ2v) is 9.09. The Kier molecular flexibility index (Phi) is 8.79. The molecule has 0 radical (unpaired) electrons. The number of thioether (sulfide) groups is 1. The Balaban J connectivity index is 2.15. The predicted molar refractivity (Wildman–Crippen MR) is 111 cm³/mol. The molecule has 2 fully saturated rings. The highest BCUT2D eigenvalue weighted by Crippen LogP contribution is 2.31. The first-order valence-electron chi connectivity index (χ1n) is 10.1. The third-order valence-corrected chi connectivity index (χ3v) is 6.93. The summed E-state index contributed by atoms with van der Waals surface area (Å²) in [5.74, 6) is 0.221. The highest BCUT2D eigenvalue weighted by Gasteiger charge is 2.48. The maximum atomic E-state index is 13.0. The number of likely N-dealkylation sites (N-methyl/N-ethyl adjacent to an activating group) is 1. The molecule has 7 nitrogen and oxygen atoms in total. The van der Waals surface area contributed by atoms with Gasteiger partial charge >= 0.3 is 0 Å². The number of aliphatic hydroxyl groups is 3. The molecule has 2 heterocycles. The van der Waals surface area contributed by atoms with Gasteiger partial charge in [0.25, 0.3) is 0 Å². The third-order valence-electron chi connectivity index (χ3n) is 6.07. The number of hydrogen-bond acceptors (Lipinski definition) is 7. The van der Waals surface area contributed by atoms with Gasteiger partial charge in [-0.05, 0) is 38.0 Å². The molecule has 9 atom stereocenters. The van der Waals surface area contributed by atoms with Crippen molar-refractivity contribution in [3.8, 4) is 0 Å². The molecule has 0 bridgehead atoms. The Labute approximate surface area is 172 Å². The largest absolute Gasteiger partial charge is 0.388 e. The molecular formula is C20H36N2O5S. The zero-order valence-corrected chi connectivity index (χ0v) is 18.1. The van der Waals surface area contributed by atoms with Crippen molar-refractivity contribution in [2.75, 3.05) is 19.8 Å². The van der Waals surface area contributed by atoms with Crippen LogP contribution in [0.5, 0.6) is 0 Å². The zero-order chi connectivity index (χ0) is 21.0. The molecule has 0 aromatic heterocycles. The molecule has 2 rings (SSSR count). The van der Waals surface area contributed by atoms with Gasteiger partial charge in [-0.2, -0.15) is 0 Å². The van der Waals surface area contributed by atoms with Crippen molar-refractivity contribution in [3.05, 3.63) is 12.7 Å². The summed E-state index contributed by atoms with van der Waals surface area (Å²) in [5.41, 5.74) is -0.678. The van der Waals surface area contributed by atoms with Crippen LogP contribution in [-0.4, -0.2) is 87.9 Å². The smallest absolute Gasteiger partial charge is 0.237 e. The standard InChI is InChI=1S/C20H36N2O5S/c1-6-8-12-9-13(22(4)10-12)19(26)21-14(11(3)7-2)18-16(24)15(23)17(25)20(27-18)28-5/h7,11-18,20,23-25H,2,6,8-10H2,1,3-5H3,(H,21,26)/t11?,12-,13+,14-,15+,16-,17-,18-,20-/m1/s1. The van der Waals surface area contributed by atoms with E-state index in [1.54, 1.807) is 12.3 Å². The van der Waals surface area contributed by atoms with Crippen LogP contribution in [0.25, 0.3) is 0 Å². The molecule has 0 spiro atoms. The molecular weight excluding hydrogens is 380 g/mol. The number of likely N-dealkylation sites (tertiary alicyclic amines) is 1. The Morgan fingerprint density at radius 3 is 2.61 bits per heavy atom. The van der Waals surface area contributed by atoms with Crippen LogP contribution in [-0.2, 0) is 9.53 Å². The average Bonchev–Trinajstić information content (AvgIpc) is 3.05. The molecule has 2 aliphatic heterocycles. The third kappa shape index (κ3) is 5.09. The van der Waals surface area contributed by atoms with Crippen molar-refractivity contribution in [2.45, 2.75) is 75.0 Å². The Bertz CT molecular complexity index is 535. The summed E-state index contributed by atoms with van der Waals surface area (Å²) in [5, 5.41) is 33.9. The van der Waals surface area contributed by atoms with Crippen LogP contribution in [0.4, 0.5) is 0 Å². The van der Waals surface area contributed by atoms with Gasteiger partial charge in [0, 0.05) is 6.54 Å². The number of nitrogens with one attached hydrogen (secondary N) is 1. The molecule has 2 aliphatic rings. The lowest BCUT2D eigenvalue weighted by Gasteiger charge is -2.44. The minimum Gasteiger partial charge on any atom is -0.388 e. The molecule has 0 saturated carbocycles. The molecule has 0 aromatic rings. The minimum atomic E-state index is -1.34. The fourth-order valence-electron chi connectivity index (χ4n) is 4.31. The van der Waals surface area contributed by atoms with Crippen molar-refractivity contribution >= 4 is 17.7 Å². The number of hydrogen-bond donors (Lipinski definition) is 4. The molecule has 4 N–H and O–H groups in total. The van der Waals surface area contributed by atoms with Crippen LogP contribution in [0.3, 0.4) is 0 Å². The van der Waals surface area contributed by atoms with E-state index in [9.17, 15) is 20.1 Å². The SMILES string of the molecule is C=CC(C)[C@@H](NC(=O)[C@@H]1C[C@@H](CCC)CN1C)[C@H]1O[C@H](SC)[C@H](O)[C@@H](O)[C@H]1O. The van der Waals surface area contributed by atoms with Gasteiger partial charge in [0.15, 0.2) is 0 Å². The van der Waals surface area contributed by atoms with Crippen molar-refractivity contribution in [2.24, 2.45) is 11.8 Å². The van der Waals surface area contributed by atoms with E-state index in [1.165, 1.54) is 11.8 Å². The van der Waals surface area contributed by atoms with Gasteiger partial charge in [0.2, 0.25) is 5.91 Å². The van der Waals surface area contributed by atoms with Gasteiger partial charge in [0.1, 0.15) is 29.9 Å². The number of nitrogens with zero attached hydrogens (tertiary/aromatic N) is 1. The summed E-state index contributed by atoms with van der Waals surface area (Å²) in [6.45, 7) is 8.75. The molecule has 1 unspecified atom stereocenters. The van der Waals surface area contributed by atoms with E-state index >= 15 is 0 Å². The van der Waals surface area contributed by atoms with Crippen LogP contribution < -0.4 is 5.32 Å². The number of rotatable bonds is 8. The van der Waals surface area contributed by atoms with Gasteiger partial charge in [-0.25, -0.2) is 0 Å². The van der Waals surface area contributed by atoms with Crippen LogP contribution in [0.1, 0.15) is 33.1 Å². The van der Waals surface area contributed by atoms with E-state index in [2.05, 4.69) is 23.7 Å². The first kappa shape index (κ1) is 23.6. The number of carbonyl (C=O) groups excluding carboxylic acids is 1. The number of carbonyl (C=O) groups is 1. The van der Waals surface area contributed by atoms with E-state index in [1.807, 2.05) is 14.0 Å². The van der Waals surface area contributed by atoms with E-state index < -0.39 is 35.9 Å². The summed E-state index contributed by atoms with van der Waals surface area (Å²) in [4.78, 5) is 15.1. The molecule has 0 aromatic carbocycles. The zero-order valence-electron chi connectivity index (χ0n) is 17.3. The second kappa shape index (κ2) is 10.4. The summed E-state index contributed by atoms with van der Waals surface area (Å²) in [7, 11) is 1.96. The number of amides is 1. The monoisotopic (exact) mass is 416 g/mol. The maximum Gasteiger partial charge on any atom is 0.237 e. The van der Waals surface area contributed by atoms with Gasteiger partial charge in [-0.3, -0.25) is 9.69 Å². The Hall–Kier alpha value is -0.640. The lowest BCUT2D eigenvalue weighted by atomic mass is 9.87. The van der Waals surface area contributed by atoms with E-state index in [-0.39, 0.29) is 17.9 Å². The predicted octanol–water partition coefficient (Wildman–Crippen LogP) is 0.584. The summed E-state index contributed by atoms with van der Waals surface area (Å²) in [6.07, 6.45) is 1.81. The van der Waals surface area contributed by atoms with Gasteiger partial charge in [-0.15, -0.1) is 18.3 Å². The second-order valence-electron chi connectivity index (χ2n) is 8.15. The van der Waals surface area contributed by atoms with Gasteiger partial charge < -0.3 is 25.4 Å². The number of ether oxygens (including phenoxy) is 1. The molecule has 2 saturated heterocycles. The Morgan fingerprint density at radius 2 is 2.04 bits per heavy atom. The molecule has 1 amide bonds. The van der Waals surface area contributed by atoms with Gasteiger partial charge in [0.05, 0.1) is 12.1 Å². The van der Waals surface area contributed by atoms with Crippen molar-refractivity contribution in [1.82, 2.24) is 10.2 Å². The first-order valence-corrected chi connectivity index (χ1v) is 11.4. The van der Waals surface area contributed by atoms with Crippen LogP contribution in [0.2, 0.25) is 0 Å². The summed E-state index contributed by atoms with van der Waals surface area (Å²) < 4.78 is 5.89. The fraction of sp³-hybridized carbons (Fsp3) is 0.850. The lowest BCUT2D eigenvalue weighted by molar-refractivity contribution is -0.207. The fourth-order valence-corrected chi connectivity index (χ4v) is 4.99. The van der Waals surface area contributed by atoms with Crippen LogP contribution >= 0.6 is 11.8 Å². The normalized spacial score (nSPS) is 38.8. The van der Waals surface area contributed by atoms with Crippen LogP contribution in [0, 0.1) is 11.8 Å². The molecule has 0 aliphatic carbocycles. The number of aliphatic hydroxyl groups excluding tert-OH is 3. The molecule has 162 valence electrons. The minimum absolute atomic E-state index is 0.100. The maximum absolute atomic E-state index is 13.0. The van der Waals surface area contributed by atoms with Crippen molar-refractivity contribution in [1.29, 1.82) is 0 Å². The summed E-state index contributed by atoms with van der Waals surface area (Å²) in [6, 6.07) is -0.779. The van der Waals surface area contributed by atoms with Crippen molar-refractivity contribution < 1.29 is 24.9 Å². The van der Waals surface area contributed by atoms with Gasteiger partial charge in [-0.1, -0.05) is 26.3 Å². The summed E-state index contributed by atoms with van der Waals surface area (Å²) >= 11 is 1.26. The quantitative estimate of drug-likeness (QED) is 0.430. The molecule has 28 heavy (non-hydrogen) atoms. The van der Waals surface area contributed by atoms with Crippen molar-refractivity contribution in [3.63, 3.8) is 0 Å². The highest BCUT2D eigenvalue weighted by atomic mass is 32.2. The highest BCUT2D eigenvalue weighted by molar-refractivity contribution is 7.99. The average molecular weight is 417 g/mol. The first-order chi connectivity index (χ1) is 13.2. The van der Waals surface area contributed by atoms with E-state index in [4.69, 9.17) is 4.74 Å². The Morgan fingerprint density at radius 1 is 1.36 bits per heavy atom. The topological polar surface area (TPSA) is 102 Å². The molecule has 8 heteroatoms. The van der Waals surface area contributed by atoms with E-state index in [0.29, 0.717) is 5.92 Å². The van der Waals surface area contributed by atoms with E-state index in [0.717, 1.165) is 25.8 Å². The van der Waals surface area contributed by atoms with Crippen LogP contribution in [0.15, 0.2) is 12.7 Å².